The fourth-order valence-electron chi connectivity index (χ4n) is 1.00. The third kappa shape index (κ3) is 2.04. The summed E-state index contributed by atoms with van der Waals surface area (Å²) in [6.45, 7) is 1.93. The molecule has 0 aliphatic rings. The van der Waals surface area contributed by atoms with E-state index in [0.717, 1.165) is 13.3 Å². The normalized spacial score (nSPS) is 9.73. The first-order valence-corrected chi connectivity index (χ1v) is 3.68. The highest BCUT2D eigenvalue weighted by atomic mass is 19.1. The molecule has 0 nitrogen and oxygen atoms in total. The van der Waals surface area contributed by atoms with Crippen LogP contribution in [0.25, 0.3) is 0 Å². The Morgan fingerprint density at radius 2 is 2.09 bits per heavy atom. The number of halogens is 2. The molecule has 0 aromatic heterocycles. The molecule has 0 saturated heterocycles. The van der Waals surface area contributed by atoms with Gasteiger partial charge in [-0.25, -0.2) is 8.78 Å². The zero-order valence-corrected chi connectivity index (χ0v) is 6.40. The van der Waals surface area contributed by atoms with Gasteiger partial charge in [0.25, 0.3) is 0 Å². The summed E-state index contributed by atoms with van der Waals surface area (Å²) in [6, 6.07) is 3.55. The predicted molar refractivity (Wildman–Crippen MR) is 43.1 cm³/mol. The lowest BCUT2D eigenvalue weighted by Crippen LogP contribution is -1.95. The minimum Gasteiger partial charge on any atom is -0.207 e. The molecule has 0 unspecified atom stereocenters. The Kier molecular flexibility index (Phi) is 2.63. The van der Waals surface area contributed by atoms with Crippen LogP contribution >= 0.6 is 0 Å². The van der Waals surface area contributed by atoms with E-state index < -0.39 is 0 Å². The Labute approximate surface area is 65.5 Å². The third-order valence-electron chi connectivity index (χ3n) is 1.53. The van der Waals surface area contributed by atoms with E-state index in [2.05, 4.69) is 0 Å². The van der Waals surface area contributed by atoms with Gasteiger partial charge in [0.05, 0.1) is 0 Å². The van der Waals surface area contributed by atoms with Gasteiger partial charge >= 0.3 is 0 Å². The molecule has 0 amide bonds. The second kappa shape index (κ2) is 3.51. The van der Waals surface area contributed by atoms with Crippen LogP contribution in [-0.4, -0.2) is 7.28 Å². The van der Waals surface area contributed by atoms with Gasteiger partial charge in [0, 0.05) is 0 Å². The molecule has 1 aromatic rings. The SMILES string of the molecule is CBCc1cc(F)ccc1F. The quantitative estimate of drug-likeness (QED) is 0.571. The number of hydrogen-bond acceptors (Lipinski definition) is 0. The number of rotatable bonds is 2. The van der Waals surface area contributed by atoms with E-state index in [1.54, 1.807) is 0 Å². The van der Waals surface area contributed by atoms with Crippen molar-refractivity contribution in [2.45, 2.75) is 13.1 Å². The van der Waals surface area contributed by atoms with Crippen LogP contribution < -0.4 is 0 Å². The molecule has 0 radical (unpaired) electrons. The summed E-state index contributed by atoms with van der Waals surface area (Å²) in [4.78, 5) is 0. The zero-order chi connectivity index (χ0) is 8.27. The first-order chi connectivity index (χ1) is 5.24. The highest BCUT2D eigenvalue weighted by Gasteiger charge is 2.01. The predicted octanol–water partition coefficient (Wildman–Crippen LogP) is 1.95. The van der Waals surface area contributed by atoms with Crippen LogP contribution in [0.5, 0.6) is 0 Å². The molecule has 0 aliphatic carbocycles. The van der Waals surface area contributed by atoms with Crippen molar-refractivity contribution in [3.05, 3.63) is 35.4 Å². The first kappa shape index (κ1) is 8.24. The standard InChI is InChI=1S/C8H9BF2/c1-9-5-6-4-7(10)2-3-8(6)11/h2-4,9H,5H2,1H3. The van der Waals surface area contributed by atoms with Gasteiger partial charge in [-0.1, -0.05) is 6.82 Å². The molecule has 0 spiro atoms. The van der Waals surface area contributed by atoms with E-state index in [0.29, 0.717) is 11.9 Å². The Balaban J connectivity index is 2.93. The fourth-order valence-corrected chi connectivity index (χ4v) is 1.00. The number of benzene rings is 1. The second-order valence-corrected chi connectivity index (χ2v) is 2.49. The minimum atomic E-state index is -0.366. The van der Waals surface area contributed by atoms with Crippen molar-refractivity contribution < 1.29 is 8.78 Å². The minimum absolute atomic E-state index is 0.312. The van der Waals surface area contributed by atoms with Crippen LogP contribution in [0.1, 0.15) is 5.56 Å². The van der Waals surface area contributed by atoms with Gasteiger partial charge in [-0.3, -0.25) is 0 Å². The molecule has 1 aromatic carbocycles. The van der Waals surface area contributed by atoms with Gasteiger partial charge in [-0.05, 0) is 30.1 Å². The smallest absolute Gasteiger partial charge is 0.125 e. The average Bonchev–Trinajstić information content (AvgIpc) is 1.98. The van der Waals surface area contributed by atoms with Crippen LogP contribution in [0.4, 0.5) is 8.78 Å². The van der Waals surface area contributed by atoms with Crippen LogP contribution in [-0.2, 0) is 6.32 Å². The Hall–Kier alpha value is -0.855. The third-order valence-corrected chi connectivity index (χ3v) is 1.53. The number of hydrogen-bond donors (Lipinski definition) is 0. The van der Waals surface area contributed by atoms with Crippen molar-refractivity contribution in [2.75, 3.05) is 0 Å². The van der Waals surface area contributed by atoms with Crippen molar-refractivity contribution in [3.8, 4) is 0 Å². The monoisotopic (exact) mass is 154 g/mol. The maximum absolute atomic E-state index is 12.8. The van der Waals surface area contributed by atoms with Crippen LogP contribution in [0.15, 0.2) is 18.2 Å². The van der Waals surface area contributed by atoms with Crippen molar-refractivity contribution >= 4 is 7.28 Å². The molecule has 0 atom stereocenters. The molecule has 0 N–H and O–H groups in total. The van der Waals surface area contributed by atoms with E-state index in [1.165, 1.54) is 12.1 Å². The maximum Gasteiger partial charge on any atom is 0.125 e. The Morgan fingerprint density at radius 1 is 1.36 bits per heavy atom. The van der Waals surface area contributed by atoms with Gasteiger partial charge in [0.15, 0.2) is 0 Å². The molecular weight excluding hydrogens is 145 g/mol. The lowest BCUT2D eigenvalue weighted by atomic mass is 9.75. The summed E-state index contributed by atoms with van der Waals surface area (Å²) >= 11 is 0. The summed E-state index contributed by atoms with van der Waals surface area (Å²) in [5.74, 6) is -0.678. The summed E-state index contributed by atoms with van der Waals surface area (Å²) in [7, 11) is 0.834. The van der Waals surface area contributed by atoms with Gasteiger partial charge in [0.1, 0.15) is 18.9 Å². The summed E-state index contributed by atoms with van der Waals surface area (Å²) in [5, 5.41) is 0. The molecule has 0 fully saturated rings. The summed E-state index contributed by atoms with van der Waals surface area (Å²) in [6.07, 6.45) is 0.601. The molecule has 0 saturated carbocycles. The van der Waals surface area contributed by atoms with Crippen LogP contribution in [0.2, 0.25) is 6.82 Å². The van der Waals surface area contributed by atoms with E-state index in [4.69, 9.17) is 0 Å². The van der Waals surface area contributed by atoms with Crippen molar-refractivity contribution in [1.29, 1.82) is 0 Å². The van der Waals surface area contributed by atoms with Crippen LogP contribution in [0.3, 0.4) is 0 Å². The Bertz CT molecular complexity index is 248. The first-order valence-electron chi connectivity index (χ1n) is 3.68. The average molecular weight is 154 g/mol. The molecule has 0 heterocycles. The largest absolute Gasteiger partial charge is 0.207 e. The maximum atomic E-state index is 12.8. The van der Waals surface area contributed by atoms with Crippen molar-refractivity contribution in [3.63, 3.8) is 0 Å². The van der Waals surface area contributed by atoms with E-state index in [1.807, 2.05) is 6.82 Å². The van der Waals surface area contributed by atoms with E-state index in [-0.39, 0.29) is 11.6 Å². The Morgan fingerprint density at radius 3 is 2.73 bits per heavy atom. The topological polar surface area (TPSA) is 0 Å². The van der Waals surface area contributed by atoms with Gasteiger partial charge in [-0.2, -0.15) is 0 Å². The van der Waals surface area contributed by atoms with Crippen molar-refractivity contribution in [2.24, 2.45) is 0 Å². The lowest BCUT2D eigenvalue weighted by Gasteiger charge is -1.98. The highest BCUT2D eigenvalue weighted by Crippen LogP contribution is 2.09. The van der Waals surface area contributed by atoms with Gasteiger partial charge in [-0.15, -0.1) is 0 Å². The van der Waals surface area contributed by atoms with Crippen LogP contribution in [0, 0.1) is 11.6 Å². The van der Waals surface area contributed by atoms with E-state index in [9.17, 15) is 8.78 Å². The molecule has 3 heteroatoms. The molecule has 1 rings (SSSR count). The molecule has 11 heavy (non-hydrogen) atoms. The summed E-state index contributed by atoms with van der Waals surface area (Å²) in [5.41, 5.74) is 0.465. The molecule has 0 bridgehead atoms. The van der Waals surface area contributed by atoms with E-state index >= 15 is 0 Å². The van der Waals surface area contributed by atoms with Crippen molar-refractivity contribution in [1.82, 2.24) is 0 Å². The van der Waals surface area contributed by atoms with Gasteiger partial charge < -0.3 is 0 Å². The highest BCUT2D eigenvalue weighted by molar-refractivity contribution is 6.32. The van der Waals surface area contributed by atoms with Gasteiger partial charge in [0.2, 0.25) is 0 Å². The zero-order valence-electron chi connectivity index (χ0n) is 6.40. The molecule has 0 aliphatic heterocycles. The summed E-state index contributed by atoms with van der Waals surface area (Å²) < 4.78 is 25.3. The molecular formula is C8H9BF2. The second-order valence-electron chi connectivity index (χ2n) is 2.49. The fraction of sp³-hybridized carbons (Fsp3) is 0.250. The lowest BCUT2D eigenvalue weighted by molar-refractivity contribution is 0.591. The molecule has 58 valence electrons.